The molecule has 2 amide bonds. The predicted molar refractivity (Wildman–Crippen MR) is 133 cm³/mol. The SMILES string of the molecule is O=C1CCC(C(=O)Nc2ccc(CC3CCN(C4C5CC6CC4CC(O)(C6)C5)C3=O)c(Cl)c2)CC1. The van der Waals surface area contributed by atoms with E-state index in [2.05, 4.69) is 10.2 Å². The van der Waals surface area contributed by atoms with Crippen molar-refractivity contribution in [1.82, 2.24) is 4.90 Å². The van der Waals surface area contributed by atoms with Gasteiger partial charge in [0.25, 0.3) is 0 Å². The van der Waals surface area contributed by atoms with Gasteiger partial charge in [-0.15, -0.1) is 0 Å². The van der Waals surface area contributed by atoms with Crippen molar-refractivity contribution in [2.75, 3.05) is 11.9 Å². The third kappa shape index (κ3) is 4.42. The van der Waals surface area contributed by atoms with Gasteiger partial charge in [-0.1, -0.05) is 17.7 Å². The van der Waals surface area contributed by atoms with Crippen LogP contribution in [0.3, 0.4) is 0 Å². The molecule has 5 saturated carbocycles. The first-order valence-electron chi connectivity index (χ1n) is 13.4. The molecule has 1 aromatic carbocycles. The van der Waals surface area contributed by atoms with Crippen molar-refractivity contribution in [2.24, 2.45) is 29.6 Å². The minimum absolute atomic E-state index is 0.0525. The summed E-state index contributed by atoms with van der Waals surface area (Å²) in [5.74, 6) is 1.78. The van der Waals surface area contributed by atoms with E-state index in [0.717, 1.165) is 50.6 Å². The van der Waals surface area contributed by atoms with Crippen LogP contribution in [0, 0.1) is 29.6 Å². The Morgan fingerprint density at radius 2 is 1.80 bits per heavy atom. The quantitative estimate of drug-likeness (QED) is 0.631. The van der Waals surface area contributed by atoms with Crippen molar-refractivity contribution >= 4 is 34.9 Å². The number of amides is 2. The average Bonchev–Trinajstić information content (AvgIpc) is 3.14. The van der Waals surface area contributed by atoms with Crippen LogP contribution in [-0.4, -0.2) is 45.8 Å². The average molecular weight is 499 g/mol. The van der Waals surface area contributed by atoms with Crippen LogP contribution in [0.5, 0.6) is 0 Å². The molecule has 2 N–H and O–H groups in total. The van der Waals surface area contributed by atoms with E-state index in [1.54, 1.807) is 6.07 Å². The highest BCUT2D eigenvalue weighted by molar-refractivity contribution is 6.31. The fourth-order valence-corrected chi connectivity index (χ4v) is 8.47. The summed E-state index contributed by atoms with van der Waals surface area (Å²) in [5.41, 5.74) is 1.12. The minimum atomic E-state index is -0.478. The molecule has 4 bridgehead atoms. The second kappa shape index (κ2) is 8.88. The van der Waals surface area contributed by atoms with E-state index >= 15 is 0 Å². The van der Waals surface area contributed by atoms with Gasteiger partial charge >= 0.3 is 0 Å². The maximum atomic E-state index is 13.5. The Labute approximate surface area is 211 Å². The Morgan fingerprint density at radius 3 is 2.46 bits per heavy atom. The highest BCUT2D eigenvalue weighted by atomic mass is 35.5. The molecule has 7 heteroatoms. The summed E-state index contributed by atoms with van der Waals surface area (Å²) in [6, 6.07) is 5.87. The molecule has 3 atom stereocenters. The van der Waals surface area contributed by atoms with Gasteiger partial charge in [0.2, 0.25) is 11.8 Å². The second-order valence-corrected chi connectivity index (χ2v) is 12.4. The lowest BCUT2D eigenvalue weighted by Crippen LogP contribution is -2.62. The third-order valence-electron chi connectivity index (χ3n) is 9.60. The molecule has 6 aliphatic rings. The zero-order valence-corrected chi connectivity index (χ0v) is 20.9. The maximum absolute atomic E-state index is 13.5. The number of Topliss-reactive ketones (excluding diaryl/α,β-unsaturated/α-hetero) is 1. The van der Waals surface area contributed by atoms with Crippen molar-refractivity contribution in [3.05, 3.63) is 28.8 Å². The molecular weight excluding hydrogens is 464 g/mol. The zero-order valence-electron chi connectivity index (χ0n) is 20.2. The number of likely N-dealkylation sites (tertiary alicyclic amines) is 1. The molecule has 3 unspecified atom stereocenters. The Hall–Kier alpha value is -1.92. The summed E-state index contributed by atoms with van der Waals surface area (Å²) in [5, 5.41) is 14.4. The summed E-state index contributed by atoms with van der Waals surface area (Å²) in [6.07, 6.45) is 8.63. The third-order valence-corrected chi connectivity index (χ3v) is 9.95. The van der Waals surface area contributed by atoms with Gasteiger partial charge in [-0.05, 0) is 93.2 Å². The van der Waals surface area contributed by atoms with Crippen LogP contribution in [0.1, 0.15) is 69.8 Å². The van der Waals surface area contributed by atoms with Gasteiger partial charge in [-0.3, -0.25) is 14.4 Å². The Morgan fingerprint density at radius 1 is 1.09 bits per heavy atom. The number of ketones is 1. The Balaban J connectivity index is 1.08. The fourth-order valence-electron chi connectivity index (χ4n) is 8.21. The van der Waals surface area contributed by atoms with E-state index in [0.29, 0.717) is 66.6 Å². The van der Waals surface area contributed by atoms with Crippen molar-refractivity contribution in [2.45, 2.75) is 82.3 Å². The molecule has 5 aliphatic carbocycles. The number of rotatable bonds is 5. The van der Waals surface area contributed by atoms with E-state index in [9.17, 15) is 19.5 Å². The normalized spacial score (nSPS) is 36.7. The molecule has 0 spiro atoms. The number of carbonyl (C=O) groups excluding carboxylic acids is 3. The lowest BCUT2D eigenvalue weighted by atomic mass is 9.52. The summed E-state index contributed by atoms with van der Waals surface area (Å²) < 4.78 is 0. The Kier molecular flexibility index (Phi) is 5.96. The number of halogens is 1. The predicted octanol–water partition coefficient (Wildman–Crippen LogP) is 4.37. The monoisotopic (exact) mass is 498 g/mol. The van der Waals surface area contributed by atoms with Gasteiger partial charge in [-0.25, -0.2) is 0 Å². The molecule has 35 heavy (non-hydrogen) atoms. The Bertz CT molecular complexity index is 1030. The van der Waals surface area contributed by atoms with E-state index in [-0.39, 0.29) is 29.4 Å². The standard InChI is InChI=1S/C28H35ClN2O4/c29-24-12-22(30-26(33)17-2-5-23(32)6-3-17)4-1-18(24)11-19-7-8-31(27(19)34)25-20-9-16-10-21(25)15-28(35,13-16)14-20/h1,4,12,16-17,19-21,25,35H,2-3,5-11,13-15H2,(H,30,33). The van der Waals surface area contributed by atoms with Gasteiger partial charge in [0.05, 0.1) is 5.60 Å². The van der Waals surface area contributed by atoms with E-state index in [1.807, 2.05) is 12.1 Å². The van der Waals surface area contributed by atoms with Crippen LogP contribution < -0.4 is 5.32 Å². The van der Waals surface area contributed by atoms with E-state index in [1.165, 1.54) is 0 Å². The van der Waals surface area contributed by atoms with Crippen LogP contribution in [0.25, 0.3) is 0 Å². The van der Waals surface area contributed by atoms with Gasteiger partial charge in [0, 0.05) is 48.0 Å². The van der Waals surface area contributed by atoms with Crippen molar-refractivity contribution in [1.29, 1.82) is 0 Å². The molecule has 188 valence electrons. The van der Waals surface area contributed by atoms with Crippen LogP contribution in [0.4, 0.5) is 5.69 Å². The lowest BCUT2D eigenvalue weighted by Gasteiger charge is -2.59. The van der Waals surface area contributed by atoms with Gasteiger partial charge in [0.15, 0.2) is 0 Å². The van der Waals surface area contributed by atoms with Crippen LogP contribution in [0.15, 0.2) is 18.2 Å². The van der Waals surface area contributed by atoms with Crippen molar-refractivity contribution in [3.8, 4) is 0 Å². The molecule has 1 heterocycles. The van der Waals surface area contributed by atoms with E-state index in [4.69, 9.17) is 11.6 Å². The molecule has 7 rings (SSSR count). The second-order valence-electron chi connectivity index (χ2n) is 12.0. The summed E-state index contributed by atoms with van der Waals surface area (Å²) >= 11 is 6.59. The smallest absolute Gasteiger partial charge is 0.227 e. The molecule has 1 aliphatic heterocycles. The number of hydrogen-bond donors (Lipinski definition) is 2. The number of carbonyl (C=O) groups is 3. The summed E-state index contributed by atoms with van der Waals surface area (Å²) in [6.45, 7) is 0.805. The first kappa shape index (κ1) is 23.5. The molecule has 0 radical (unpaired) electrons. The van der Waals surface area contributed by atoms with Crippen LogP contribution in [0.2, 0.25) is 5.02 Å². The van der Waals surface area contributed by atoms with E-state index < -0.39 is 5.60 Å². The number of benzene rings is 1. The molecular formula is C28H35ClN2O4. The summed E-state index contributed by atoms with van der Waals surface area (Å²) in [7, 11) is 0. The zero-order chi connectivity index (χ0) is 24.3. The highest BCUT2D eigenvalue weighted by Crippen LogP contribution is 2.57. The number of nitrogens with one attached hydrogen (secondary N) is 1. The topological polar surface area (TPSA) is 86.7 Å². The summed E-state index contributed by atoms with van der Waals surface area (Å²) in [4.78, 5) is 39.6. The van der Waals surface area contributed by atoms with Crippen LogP contribution in [-0.2, 0) is 20.8 Å². The van der Waals surface area contributed by atoms with Crippen LogP contribution >= 0.6 is 11.6 Å². The minimum Gasteiger partial charge on any atom is -0.390 e. The molecule has 1 aromatic rings. The van der Waals surface area contributed by atoms with Crippen molar-refractivity contribution < 1.29 is 19.5 Å². The van der Waals surface area contributed by atoms with Gasteiger partial charge in [0.1, 0.15) is 5.78 Å². The molecule has 1 saturated heterocycles. The van der Waals surface area contributed by atoms with Gasteiger partial charge in [-0.2, -0.15) is 0 Å². The fraction of sp³-hybridized carbons (Fsp3) is 0.679. The number of hydrogen-bond acceptors (Lipinski definition) is 4. The first-order valence-corrected chi connectivity index (χ1v) is 13.8. The number of anilines is 1. The maximum Gasteiger partial charge on any atom is 0.227 e. The largest absolute Gasteiger partial charge is 0.390 e. The molecule has 6 nitrogen and oxygen atoms in total. The number of nitrogens with zero attached hydrogens (tertiary/aromatic N) is 1. The van der Waals surface area contributed by atoms with Gasteiger partial charge < -0.3 is 15.3 Å². The van der Waals surface area contributed by atoms with Crippen molar-refractivity contribution in [3.63, 3.8) is 0 Å². The number of aliphatic hydroxyl groups is 1. The first-order chi connectivity index (χ1) is 16.8. The highest BCUT2D eigenvalue weighted by Gasteiger charge is 2.57. The molecule has 6 fully saturated rings. The molecule has 0 aromatic heterocycles. The lowest BCUT2D eigenvalue weighted by molar-refractivity contribution is -0.168.